The van der Waals surface area contributed by atoms with Gasteiger partial charge < -0.3 is 15.4 Å². The quantitative estimate of drug-likeness (QED) is 0.375. The first-order valence-electron chi connectivity index (χ1n) is 10.6. The Balaban J connectivity index is 1.37. The summed E-state index contributed by atoms with van der Waals surface area (Å²) in [7, 11) is 0. The van der Waals surface area contributed by atoms with Crippen LogP contribution in [0.25, 0.3) is 0 Å². The van der Waals surface area contributed by atoms with Gasteiger partial charge in [0, 0.05) is 38.6 Å². The first-order valence-corrected chi connectivity index (χ1v) is 10.6. The average molecular weight is 384 g/mol. The number of guanidine groups is 1. The van der Waals surface area contributed by atoms with Crippen molar-refractivity contribution in [3.8, 4) is 5.75 Å². The molecular weight excluding hydrogens is 350 g/mol. The van der Waals surface area contributed by atoms with E-state index in [-0.39, 0.29) is 0 Å². The van der Waals surface area contributed by atoms with Crippen LogP contribution in [-0.4, -0.2) is 41.5 Å². The highest BCUT2D eigenvalue weighted by Crippen LogP contribution is 2.24. The van der Waals surface area contributed by atoms with Crippen molar-refractivity contribution < 1.29 is 4.74 Å². The van der Waals surface area contributed by atoms with Crippen LogP contribution in [-0.2, 0) is 13.0 Å². The maximum Gasteiger partial charge on any atom is 0.191 e. The minimum Gasteiger partial charge on any atom is -0.490 e. The summed E-state index contributed by atoms with van der Waals surface area (Å²) in [6.07, 6.45) is 11.1. The van der Waals surface area contributed by atoms with E-state index in [1.54, 1.807) is 0 Å². The summed E-state index contributed by atoms with van der Waals surface area (Å²) >= 11 is 0. The second kappa shape index (κ2) is 11.4. The van der Waals surface area contributed by atoms with Crippen LogP contribution in [0.4, 0.5) is 0 Å². The second-order valence-corrected chi connectivity index (χ2v) is 7.23. The van der Waals surface area contributed by atoms with Gasteiger partial charge in [-0.15, -0.1) is 0 Å². The van der Waals surface area contributed by atoms with Crippen LogP contribution in [0.15, 0.2) is 47.7 Å². The number of hydrogen-bond donors (Lipinski definition) is 2. The molecule has 0 unspecified atom stereocenters. The summed E-state index contributed by atoms with van der Waals surface area (Å²) in [6, 6.07) is 10.5. The molecule has 6 heteroatoms. The van der Waals surface area contributed by atoms with Gasteiger partial charge in [-0.25, -0.2) is 0 Å². The molecule has 1 aromatic carbocycles. The largest absolute Gasteiger partial charge is 0.490 e. The number of ether oxygens (including phenoxy) is 1. The summed E-state index contributed by atoms with van der Waals surface area (Å²) < 4.78 is 7.98. The molecule has 0 saturated heterocycles. The Hall–Kier alpha value is -2.50. The molecule has 0 spiro atoms. The standard InChI is InChI=1S/C22H33N5O/c1-2-23-22(24-14-5-17-27-18-6-15-26-27)25-16-13-19-9-11-21(12-10-19)28-20-7-3-4-8-20/h6,9-12,15,18,20H,2-5,7-8,13-14,16-17H2,1H3,(H2,23,24,25). The third-order valence-electron chi connectivity index (χ3n) is 4.95. The Morgan fingerprint density at radius 3 is 2.75 bits per heavy atom. The van der Waals surface area contributed by atoms with Crippen LogP contribution < -0.4 is 15.4 Å². The van der Waals surface area contributed by atoms with Gasteiger partial charge in [0.2, 0.25) is 0 Å². The van der Waals surface area contributed by atoms with Crippen molar-refractivity contribution >= 4 is 5.96 Å². The van der Waals surface area contributed by atoms with Crippen molar-refractivity contribution in [1.82, 2.24) is 20.4 Å². The fraction of sp³-hybridized carbons (Fsp3) is 0.545. The Morgan fingerprint density at radius 2 is 2.04 bits per heavy atom. The molecule has 2 N–H and O–H groups in total. The van der Waals surface area contributed by atoms with Crippen LogP contribution in [0.2, 0.25) is 0 Å². The fourth-order valence-electron chi connectivity index (χ4n) is 3.46. The van der Waals surface area contributed by atoms with E-state index in [1.807, 2.05) is 23.1 Å². The number of rotatable bonds is 10. The number of aliphatic imine (C=N–C) groups is 1. The van der Waals surface area contributed by atoms with Crippen LogP contribution in [0, 0.1) is 0 Å². The molecule has 152 valence electrons. The highest BCUT2D eigenvalue weighted by Gasteiger charge is 2.16. The van der Waals surface area contributed by atoms with Gasteiger partial charge in [0.05, 0.1) is 6.10 Å². The van der Waals surface area contributed by atoms with Gasteiger partial charge in [0.1, 0.15) is 5.75 Å². The molecular formula is C22H33N5O. The average Bonchev–Trinajstić information content (AvgIpc) is 3.41. The molecule has 0 amide bonds. The molecule has 0 aliphatic heterocycles. The van der Waals surface area contributed by atoms with Crippen molar-refractivity contribution in [2.75, 3.05) is 19.6 Å². The number of hydrogen-bond acceptors (Lipinski definition) is 3. The number of aromatic nitrogens is 2. The lowest BCUT2D eigenvalue weighted by Gasteiger charge is -2.14. The van der Waals surface area contributed by atoms with E-state index in [0.717, 1.165) is 50.7 Å². The molecule has 28 heavy (non-hydrogen) atoms. The second-order valence-electron chi connectivity index (χ2n) is 7.23. The first kappa shape index (κ1) is 20.2. The van der Waals surface area contributed by atoms with E-state index in [4.69, 9.17) is 4.74 Å². The zero-order valence-electron chi connectivity index (χ0n) is 16.9. The third-order valence-corrected chi connectivity index (χ3v) is 4.95. The molecule has 6 nitrogen and oxygen atoms in total. The monoisotopic (exact) mass is 383 g/mol. The maximum atomic E-state index is 6.04. The zero-order chi connectivity index (χ0) is 19.4. The van der Waals surface area contributed by atoms with E-state index in [0.29, 0.717) is 6.10 Å². The molecule has 0 bridgehead atoms. The van der Waals surface area contributed by atoms with Gasteiger partial charge in [-0.05, 0) is 69.2 Å². The smallest absolute Gasteiger partial charge is 0.191 e. The van der Waals surface area contributed by atoms with Crippen LogP contribution in [0.5, 0.6) is 5.75 Å². The Bertz CT molecular complexity index is 690. The number of aryl methyl sites for hydroxylation is 1. The van der Waals surface area contributed by atoms with Gasteiger partial charge >= 0.3 is 0 Å². The summed E-state index contributed by atoms with van der Waals surface area (Å²) in [5.41, 5.74) is 1.31. The van der Waals surface area contributed by atoms with Gasteiger partial charge in [0.25, 0.3) is 0 Å². The minimum absolute atomic E-state index is 0.416. The maximum absolute atomic E-state index is 6.04. The van der Waals surface area contributed by atoms with E-state index >= 15 is 0 Å². The van der Waals surface area contributed by atoms with Crippen molar-refractivity contribution in [2.45, 2.75) is 58.1 Å². The molecule has 2 aromatic rings. The van der Waals surface area contributed by atoms with Gasteiger partial charge in [-0.2, -0.15) is 5.10 Å². The molecule has 3 rings (SSSR count). The lowest BCUT2D eigenvalue weighted by molar-refractivity contribution is 0.210. The number of nitrogens with one attached hydrogen (secondary N) is 2. The van der Waals surface area contributed by atoms with Crippen molar-refractivity contribution in [2.24, 2.45) is 4.99 Å². The van der Waals surface area contributed by atoms with Gasteiger partial charge in [-0.3, -0.25) is 9.67 Å². The molecule has 1 fully saturated rings. The third kappa shape index (κ3) is 6.91. The summed E-state index contributed by atoms with van der Waals surface area (Å²) in [5.74, 6) is 1.87. The van der Waals surface area contributed by atoms with Crippen molar-refractivity contribution in [3.63, 3.8) is 0 Å². The van der Waals surface area contributed by atoms with E-state index in [2.05, 4.69) is 51.9 Å². The van der Waals surface area contributed by atoms with Crippen LogP contribution in [0.3, 0.4) is 0 Å². The normalized spacial score (nSPS) is 15.0. The van der Waals surface area contributed by atoms with Crippen LogP contribution >= 0.6 is 0 Å². The molecule has 1 heterocycles. The molecule has 1 aliphatic rings. The molecule has 1 aromatic heterocycles. The zero-order valence-corrected chi connectivity index (χ0v) is 16.9. The predicted octanol–water partition coefficient (Wildman–Crippen LogP) is 3.39. The first-order chi connectivity index (χ1) is 13.8. The predicted molar refractivity (Wildman–Crippen MR) is 114 cm³/mol. The highest BCUT2D eigenvalue weighted by molar-refractivity contribution is 5.79. The number of benzene rings is 1. The number of nitrogens with zero attached hydrogens (tertiary/aromatic N) is 3. The fourth-order valence-corrected chi connectivity index (χ4v) is 3.46. The molecule has 1 saturated carbocycles. The SMILES string of the molecule is CCNC(=NCCCn1cccn1)NCCc1ccc(OC2CCCC2)cc1. The lowest BCUT2D eigenvalue weighted by atomic mass is 10.1. The van der Waals surface area contributed by atoms with Crippen LogP contribution in [0.1, 0.15) is 44.6 Å². The summed E-state index contributed by atoms with van der Waals surface area (Å²) in [4.78, 5) is 4.65. The van der Waals surface area contributed by atoms with E-state index in [1.165, 1.54) is 31.2 Å². The topological polar surface area (TPSA) is 63.5 Å². The summed E-state index contributed by atoms with van der Waals surface area (Å²) in [6.45, 7) is 5.48. The molecule has 0 radical (unpaired) electrons. The Morgan fingerprint density at radius 1 is 1.21 bits per heavy atom. The van der Waals surface area contributed by atoms with Gasteiger partial charge in [-0.1, -0.05) is 12.1 Å². The van der Waals surface area contributed by atoms with E-state index < -0.39 is 0 Å². The van der Waals surface area contributed by atoms with Crippen molar-refractivity contribution in [1.29, 1.82) is 0 Å². The Labute approximate surface area is 168 Å². The summed E-state index contributed by atoms with van der Waals surface area (Å²) in [5, 5.41) is 10.9. The molecule has 0 atom stereocenters. The highest BCUT2D eigenvalue weighted by atomic mass is 16.5. The van der Waals surface area contributed by atoms with E-state index in [9.17, 15) is 0 Å². The van der Waals surface area contributed by atoms with Crippen molar-refractivity contribution in [3.05, 3.63) is 48.3 Å². The lowest BCUT2D eigenvalue weighted by Crippen LogP contribution is -2.38. The molecule has 1 aliphatic carbocycles. The Kier molecular flexibility index (Phi) is 8.22. The van der Waals surface area contributed by atoms with Gasteiger partial charge in [0.15, 0.2) is 5.96 Å². The minimum atomic E-state index is 0.416.